The standard InChI is InChI=1S/C18H23NO2/c1-3-19-18(15-9-6-5-7-10-15)14-21-17-12-8-11-16(13-17)20-4-2/h5-13,18-19H,3-4,14H2,1-2H3. The fourth-order valence-corrected chi connectivity index (χ4v) is 2.20. The first kappa shape index (κ1) is 15.4. The molecular formula is C18H23NO2. The van der Waals surface area contributed by atoms with E-state index >= 15 is 0 Å². The van der Waals surface area contributed by atoms with Gasteiger partial charge in [0, 0.05) is 6.07 Å². The molecule has 0 saturated carbocycles. The molecule has 21 heavy (non-hydrogen) atoms. The van der Waals surface area contributed by atoms with Gasteiger partial charge in [0.05, 0.1) is 12.6 Å². The molecule has 0 saturated heterocycles. The lowest BCUT2D eigenvalue weighted by Gasteiger charge is -2.19. The molecule has 1 unspecified atom stereocenters. The lowest BCUT2D eigenvalue weighted by atomic mass is 10.1. The third-order valence-corrected chi connectivity index (χ3v) is 3.19. The van der Waals surface area contributed by atoms with Crippen LogP contribution in [-0.2, 0) is 0 Å². The van der Waals surface area contributed by atoms with Gasteiger partial charge in [-0.2, -0.15) is 0 Å². The highest BCUT2D eigenvalue weighted by molar-refractivity contribution is 5.33. The Morgan fingerprint density at radius 2 is 1.62 bits per heavy atom. The van der Waals surface area contributed by atoms with Crippen LogP contribution < -0.4 is 14.8 Å². The monoisotopic (exact) mass is 285 g/mol. The summed E-state index contributed by atoms with van der Waals surface area (Å²) in [5, 5.41) is 3.45. The van der Waals surface area contributed by atoms with Gasteiger partial charge in [-0.15, -0.1) is 0 Å². The minimum absolute atomic E-state index is 0.187. The van der Waals surface area contributed by atoms with Gasteiger partial charge < -0.3 is 14.8 Å². The Morgan fingerprint density at radius 1 is 0.905 bits per heavy atom. The van der Waals surface area contributed by atoms with Crippen molar-refractivity contribution in [3.8, 4) is 11.5 Å². The second-order valence-corrected chi connectivity index (χ2v) is 4.74. The summed E-state index contributed by atoms with van der Waals surface area (Å²) in [6, 6.07) is 18.3. The molecule has 0 aliphatic heterocycles. The molecule has 0 radical (unpaired) electrons. The van der Waals surface area contributed by atoms with Crippen molar-refractivity contribution < 1.29 is 9.47 Å². The van der Waals surface area contributed by atoms with Gasteiger partial charge in [-0.1, -0.05) is 43.3 Å². The van der Waals surface area contributed by atoms with E-state index in [4.69, 9.17) is 9.47 Å². The summed E-state index contributed by atoms with van der Waals surface area (Å²) in [5.41, 5.74) is 1.24. The predicted molar refractivity (Wildman–Crippen MR) is 86.0 cm³/mol. The number of benzene rings is 2. The van der Waals surface area contributed by atoms with Crippen molar-refractivity contribution >= 4 is 0 Å². The number of hydrogen-bond acceptors (Lipinski definition) is 3. The van der Waals surface area contributed by atoms with Crippen LogP contribution in [0.1, 0.15) is 25.5 Å². The molecule has 2 aromatic carbocycles. The van der Waals surface area contributed by atoms with E-state index in [1.807, 2.05) is 37.3 Å². The maximum absolute atomic E-state index is 5.92. The summed E-state index contributed by atoms with van der Waals surface area (Å²) >= 11 is 0. The lowest BCUT2D eigenvalue weighted by molar-refractivity contribution is 0.265. The Morgan fingerprint density at radius 3 is 2.29 bits per heavy atom. The van der Waals surface area contributed by atoms with Crippen LogP contribution in [0.2, 0.25) is 0 Å². The highest BCUT2D eigenvalue weighted by Crippen LogP contribution is 2.21. The van der Waals surface area contributed by atoms with Gasteiger partial charge in [-0.25, -0.2) is 0 Å². The van der Waals surface area contributed by atoms with E-state index in [2.05, 4.69) is 36.5 Å². The molecule has 112 valence electrons. The third-order valence-electron chi connectivity index (χ3n) is 3.19. The minimum atomic E-state index is 0.187. The molecule has 0 amide bonds. The lowest BCUT2D eigenvalue weighted by Crippen LogP contribution is -2.26. The Balaban J connectivity index is 2.00. The second-order valence-electron chi connectivity index (χ2n) is 4.74. The Bertz CT molecular complexity index is 528. The number of nitrogens with one attached hydrogen (secondary N) is 1. The summed E-state index contributed by atoms with van der Waals surface area (Å²) in [5.74, 6) is 1.68. The molecule has 0 aliphatic carbocycles. The average Bonchev–Trinajstić information content (AvgIpc) is 2.53. The maximum Gasteiger partial charge on any atom is 0.123 e. The SMILES string of the molecule is CCNC(COc1cccc(OCC)c1)c1ccccc1. The molecule has 2 rings (SSSR count). The van der Waals surface area contributed by atoms with Crippen LogP contribution in [0.25, 0.3) is 0 Å². The number of rotatable bonds is 8. The van der Waals surface area contributed by atoms with E-state index < -0.39 is 0 Å². The number of hydrogen-bond donors (Lipinski definition) is 1. The minimum Gasteiger partial charge on any atom is -0.494 e. The average molecular weight is 285 g/mol. The van der Waals surface area contributed by atoms with Crippen LogP contribution in [-0.4, -0.2) is 19.8 Å². The van der Waals surface area contributed by atoms with E-state index in [0.717, 1.165) is 18.0 Å². The molecule has 0 bridgehead atoms. The zero-order chi connectivity index (χ0) is 14.9. The molecule has 1 atom stereocenters. The Labute approximate surface area is 126 Å². The summed E-state index contributed by atoms with van der Waals surface area (Å²) < 4.78 is 11.4. The van der Waals surface area contributed by atoms with E-state index in [1.165, 1.54) is 5.56 Å². The molecule has 3 heteroatoms. The van der Waals surface area contributed by atoms with Crippen molar-refractivity contribution in [3.63, 3.8) is 0 Å². The van der Waals surface area contributed by atoms with Gasteiger partial charge in [0.15, 0.2) is 0 Å². The first-order valence-corrected chi connectivity index (χ1v) is 7.47. The predicted octanol–water partition coefficient (Wildman–Crippen LogP) is 3.81. The normalized spacial score (nSPS) is 11.9. The second kappa shape index (κ2) is 8.32. The zero-order valence-electron chi connectivity index (χ0n) is 12.7. The van der Waals surface area contributed by atoms with E-state index in [-0.39, 0.29) is 6.04 Å². The highest BCUT2D eigenvalue weighted by Gasteiger charge is 2.10. The van der Waals surface area contributed by atoms with Crippen molar-refractivity contribution in [2.24, 2.45) is 0 Å². The van der Waals surface area contributed by atoms with Gasteiger partial charge in [-0.05, 0) is 31.2 Å². The quantitative estimate of drug-likeness (QED) is 0.800. The zero-order valence-corrected chi connectivity index (χ0v) is 12.7. The molecule has 0 aromatic heterocycles. The fourth-order valence-electron chi connectivity index (χ4n) is 2.20. The molecule has 2 aromatic rings. The molecule has 0 aliphatic rings. The molecule has 0 fully saturated rings. The van der Waals surface area contributed by atoms with Crippen molar-refractivity contribution in [1.29, 1.82) is 0 Å². The van der Waals surface area contributed by atoms with Crippen LogP contribution in [0.15, 0.2) is 54.6 Å². The topological polar surface area (TPSA) is 30.5 Å². The number of ether oxygens (including phenoxy) is 2. The van der Waals surface area contributed by atoms with Crippen molar-refractivity contribution in [1.82, 2.24) is 5.32 Å². The fraction of sp³-hybridized carbons (Fsp3) is 0.333. The smallest absolute Gasteiger partial charge is 0.123 e. The van der Waals surface area contributed by atoms with Crippen LogP contribution >= 0.6 is 0 Å². The summed E-state index contributed by atoms with van der Waals surface area (Å²) in [4.78, 5) is 0. The van der Waals surface area contributed by atoms with Gasteiger partial charge in [0.1, 0.15) is 18.1 Å². The summed E-state index contributed by atoms with van der Waals surface area (Å²) in [7, 11) is 0. The molecule has 0 heterocycles. The van der Waals surface area contributed by atoms with Crippen molar-refractivity contribution in [3.05, 3.63) is 60.2 Å². The molecular weight excluding hydrogens is 262 g/mol. The van der Waals surface area contributed by atoms with E-state index in [9.17, 15) is 0 Å². The van der Waals surface area contributed by atoms with Crippen molar-refractivity contribution in [2.45, 2.75) is 19.9 Å². The van der Waals surface area contributed by atoms with Crippen LogP contribution in [0, 0.1) is 0 Å². The maximum atomic E-state index is 5.92. The van der Waals surface area contributed by atoms with Gasteiger partial charge >= 0.3 is 0 Å². The van der Waals surface area contributed by atoms with Crippen LogP contribution in [0.5, 0.6) is 11.5 Å². The first-order valence-electron chi connectivity index (χ1n) is 7.47. The number of likely N-dealkylation sites (N-methyl/N-ethyl adjacent to an activating group) is 1. The largest absolute Gasteiger partial charge is 0.494 e. The molecule has 0 spiro atoms. The third kappa shape index (κ3) is 4.80. The Hall–Kier alpha value is -2.00. The van der Waals surface area contributed by atoms with Crippen LogP contribution in [0.4, 0.5) is 0 Å². The molecule has 1 N–H and O–H groups in total. The van der Waals surface area contributed by atoms with E-state index in [1.54, 1.807) is 0 Å². The van der Waals surface area contributed by atoms with Crippen molar-refractivity contribution in [2.75, 3.05) is 19.8 Å². The van der Waals surface area contributed by atoms with Crippen LogP contribution in [0.3, 0.4) is 0 Å². The van der Waals surface area contributed by atoms with E-state index in [0.29, 0.717) is 13.2 Å². The summed E-state index contributed by atoms with van der Waals surface area (Å²) in [6.07, 6.45) is 0. The van der Waals surface area contributed by atoms with Gasteiger partial charge in [0.25, 0.3) is 0 Å². The highest BCUT2D eigenvalue weighted by atomic mass is 16.5. The first-order chi connectivity index (χ1) is 10.3. The molecule has 3 nitrogen and oxygen atoms in total. The van der Waals surface area contributed by atoms with Gasteiger partial charge in [-0.3, -0.25) is 0 Å². The van der Waals surface area contributed by atoms with Gasteiger partial charge in [0.2, 0.25) is 0 Å². The Kier molecular flexibility index (Phi) is 6.10. The summed E-state index contributed by atoms with van der Waals surface area (Å²) in [6.45, 7) is 6.23.